The lowest BCUT2D eigenvalue weighted by Crippen LogP contribution is -2.60. The molecule has 13 nitrogen and oxygen atoms in total. The molecule has 7 rings (SSSR count). The van der Waals surface area contributed by atoms with Gasteiger partial charge in [-0.1, -0.05) is 40.7 Å². The van der Waals surface area contributed by atoms with Gasteiger partial charge in [0.1, 0.15) is 17.7 Å². The van der Waals surface area contributed by atoms with Gasteiger partial charge in [0.05, 0.1) is 40.6 Å². The number of aryl methyl sites for hydroxylation is 1. The highest BCUT2D eigenvalue weighted by atomic mass is 32.1. The SMILES string of the molecule is CCCN1CCN(c2cnc(C(C)C)c(-c3c4c5cc(ccc5n3CC)-c3csc(n3)C[C@H](NC(=O)OC(C)(C)C)C(=O)N3CCC[C@H](N3)C(=O)OCC(C)(C)C4)c2)CC1. The summed E-state index contributed by atoms with van der Waals surface area (Å²) in [5.41, 5.74) is 10.5. The molecule has 60 heavy (non-hydrogen) atoms. The molecular formula is C46H64N8O5S. The number of anilines is 1. The molecule has 2 amide bonds. The van der Waals surface area contributed by atoms with Crippen LogP contribution in [-0.2, 0) is 38.4 Å². The van der Waals surface area contributed by atoms with Crippen molar-refractivity contribution in [2.24, 2.45) is 5.41 Å². The Morgan fingerprint density at radius 3 is 2.57 bits per heavy atom. The first-order chi connectivity index (χ1) is 28.5. The average molecular weight is 841 g/mol. The number of cyclic esters (lactones) is 1. The highest BCUT2D eigenvalue weighted by Crippen LogP contribution is 2.43. The fourth-order valence-corrected chi connectivity index (χ4v) is 9.64. The van der Waals surface area contributed by atoms with Gasteiger partial charge in [0.15, 0.2) is 0 Å². The molecule has 2 atom stereocenters. The van der Waals surface area contributed by atoms with E-state index in [1.54, 1.807) is 20.8 Å². The van der Waals surface area contributed by atoms with Crippen molar-refractivity contribution < 1.29 is 23.9 Å². The Morgan fingerprint density at radius 2 is 1.87 bits per heavy atom. The number of hydrazine groups is 1. The van der Waals surface area contributed by atoms with Crippen molar-refractivity contribution in [3.05, 3.63) is 52.1 Å². The number of nitrogens with one attached hydrogen (secondary N) is 2. The number of hydrogen-bond acceptors (Lipinski definition) is 11. The normalized spacial score (nSPS) is 20.6. The zero-order chi connectivity index (χ0) is 42.9. The lowest BCUT2D eigenvalue weighted by molar-refractivity contribution is -0.155. The van der Waals surface area contributed by atoms with Gasteiger partial charge in [0, 0.05) is 78.5 Å². The topological polar surface area (TPSA) is 134 Å². The predicted molar refractivity (Wildman–Crippen MR) is 238 cm³/mol. The van der Waals surface area contributed by atoms with E-state index in [1.165, 1.54) is 21.9 Å². The third-order valence-electron chi connectivity index (χ3n) is 11.7. The van der Waals surface area contributed by atoms with Crippen molar-refractivity contribution in [3.63, 3.8) is 0 Å². The molecule has 2 N–H and O–H groups in total. The Morgan fingerprint density at radius 1 is 1.10 bits per heavy atom. The van der Waals surface area contributed by atoms with Crippen LogP contribution in [0.4, 0.5) is 10.5 Å². The molecule has 3 aromatic heterocycles. The number of rotatable bonds is 7. The maximum Gasteiger partial charge on any atom is 0.408 e. The van der Waals surface area contributed by atoms with E-state index in [0.29, 0.717) is 30.8 Å². The van der Waals surface area contributed by atoms with Gasteiger partial charge in [-0.2, -0.15) is 0 Å². The van der Waals surface area contributed by atoms with Gasteiger partial charge in [0.2, 0.25) is 0 Å². The molecule has 6 heterocycles. The number of nitrogens with zero attached hydrogens (tertiary/aromatic N) is 6. The van der Waals surface area contributed by atoms with Crippen LogP contribution in [-0.4, -0.2) is 106 Å². The number of amides is 2. The number of carbonyl (C=O) groups excluding carboxylic acids is 3. The molecular weight excluding hydrogens is 777 g/mol. The van der Waals surface area contributed by atoms with Gasteiger partial charge in [-0.25, -0.2) is 15.2 Å². The zero-order valence-electron chi connectivity index (χ0n) is 37.0. The van der Waals surface area contributed by atoms with E-state index < -0.39 is 35.2 Å². The van der Waals surface area contributed by atoms with Crippen LogP contribution >= 0.6 is 11.3 Å². The van der Waals surface area contributed by atoms with Crippen molar-refractivity contribution in [1.29, 1.82) is 0 Å². The molecule has 2 fully saturated rings. The number of piperazine rings is 1. The quantitative estimate of drug-likeness (QED) is 0.180. The number of esters is 1. The highest BCUT2D eigenvalue weighted by molar-refractivity contribution is 7.10. The Labute approximate surface area is 359 Å². The third kappa shape index (κ3) is 9.66. The molecule has 324 valence electrons. The third-order valence-corrected chi connectivity index (χ3v) is 12.6. The number of thiazole rings is 1. The van der Waals surface area contributed by atoms with Crippen LogP contribution in [0.5, 0.6) is 0 Å². The van der Waals surface area contributed by atoms with Crippen LogP contribution in [0.15, 0.2) is 35.8 Å². The average Bonchev–Trinajstić information content (AvgIpc) is 3.80. The first kappa shape index (κ1) is 43.6. The molecule has 2 saturated heterocycles. The van der Waals surface area contributed by atoms with Crippen molar-refractivity contribution in [3.8, 4) is 22.5 Å². The van der Waals surface area contributed by atoms with Gasteiger partial charge in [-0.15, -0.1) is 11.3 Å². The number of ether oxygens (including phenoxy) is 2. The summed E-state index contributed by atoms with van der Waals surface area (Å²) in [5, 5.41) is 8.09. The lowest BCUT2D eigenvalue weighted by atomic mass is 9.84. The summed E-state index contributed by atoms with van der Waals surface area (Å²) in [7, 11) is 0. The maximum atomic E-state index is 14.1. The Bertz CT molecular complexity index is 2200. The first-order valence-corrected chi connectivity index (χ1v) is 22.7. The lowest BCUT2D eigenvalue weighted by Gasteiger charge is -2.36. The molecule has 3 aliphatic heterocycles. The number of pyridine rings is 1. The van der Waals surface area contributed by atoms with Crippen LogP contribution in [0.3, 0.4) is 0 Å². The van der Waals surface area contributed by atoms with E-state index in [4.69, 9.17) is 19.4 Å². The molecule has 4 aromatic rings. The van der Waals surface area contributed by atoms with Crippen molar-refractivity contribution >= 4 is 45.9 Å². The van der Waals surface area contributed by atoms with Crippen LogP contribution in [0.1, 0.15) is 104 Å². The monoisotopic (exact) mass is 840 g/mol. The Kier molecular flexibility index (Phi) is 12.9. The number of fused-ring (bicyclic) bond motifs is 6. The van der Waals surface area contributed by atoms with E-state index in [1.807, 2.05) is 5.38 Å². The number of hydrogen-bond donors (Lipinski definition) is 2. The second-order valence-corrected chi connectivity index (χ2v) is 19.6. The van der Waals surface area contributed by atoms with Gasteiger partial charge in [-0.3, -0.25) is 24.5 Å². The Balaban J connectivity index is 1.35. The zero-order valence-corrected chi connectivity index (χ0v) is 37.8. The minimum atomic E-state index is -0.978. The molecule has 1 aromatic carbocycles. The molecule has 0 radical (unpaired) electrons. The molecule has 0 saturated carbocycles. The molecule has 14 heteroatoms. The smallest absolute Gasteiger partial charge is 0.408 e. The van der Waals surface area contributed by atoms with Gasteiger partial charge in [0.25, 0.3) is 5.91 Å². The second kappa shape index (κ2) is 17.8. The molecule has 3 aliphatic rings. The fraction of sp³-hybridized carbons (Fsp3) is 0.587. The molecule has 6 bridgehead atoms. The van der Waals surface area contributed by atoms with Crippen LogP contribution in [0, 0.1) is 5.41 Å². The largest absolute Gasteiger partial charge is 0.464 e. The fourth-order valence-electron chi connectivity index (χ4n) is 8.79. The van der Waals surface area contributed by atoms with Gasteiger partial charge < -0.3 is 24.3 Å². The van der Waals surface area contributed by atoms with Crippen molar-refractivity contribution in [2.75, 3.05) is 50.8 Å². The van der Waals surface area contributed by atoms with E-state index >= 15 is 0 Å². The summed E-state index contributed by atoms with van der Waals surface area (Å²) < 4.78 is 14.1. The predicted octanol–water partition coefficient (Wildman–Crippen LogP) is 7.56. The first-order valence-electron chi connectivity index (χ1n) is 21.8. The number of benzene rings is 1. The number of carbonyl (C=O) groups is 3. The maximum absolute atomic E-state index is 14.1. The van der Waals surface area contributed by atoms with Crippen LogP contribution in [0.2, 0.25) is 0 Å². The van der Waals surface area contributed by atoms with Crippen LogP contribution in [0.25, 0.3) is 33.4 Å². The van der Waals surface area contributed by atoms with Crippen molar-refractivity contribution in [1.82, 2.24) is 35.2 Å². The Hall–Kier alpha value is -4.53. The standard InChI is InChI=1S/C46H64N8O5S/c1-10-16-51-18-20-52(21-19-51)31-23-33(40(29(3)4)47-26-31)41-34-25-46(8,9)28-58-43(56)35-13-12-17-54(50-35)42(55)36(49-44(57)59-45(5,6)7)24-39-48-37(27-60-39)30-14-15-38(32(34)22-30)53(41)11-2/h14-15,22-23,26-27,29,35-36,50H,10-13,16-21,24-25,28H2,1-9H3,(H,49,57)/t35-,36-/m0/s1. The molecule has 0 spiro atoms. The summed E-state index contributed by atoms with van der Waals surface area (Å²) in [6.07, 6.45) is 4.44. The molecule has 0 aliphatic carbocycles. The van der Waals surface area contributed by atoms with Crippen molar-refractivity contribution in [2.45, 2.75) is 125 Å². The van der Waals surface area contributed by atoms with Gasteiger partial charge in [-0.05, 0) is 89.6 Å². The molecule has 0 unspecified atom stereocenters. The van der Waals surface area contributed by atoms with E-state index in [0.717, 1.165) is 90.5 Å². The summed E-state index contributed by atoms with van der Waals surface area (Å²) in [5.74, 6) is -0.584. The summed E-state index contributed by atoms with van der Waals surface area (Å²) in [6.45, 7) is 25.0. The van der Waals surface area contributed by atoms with E-state index in [9.17, 15) is 14.4 Å². The van der Waals surface area contributed by atoms with E-state index in [-0.39, 0.29) is 24.9 Å². The summed E-state index contributed by atoms with van der Waals surface area (Å²) >= 11 is 1.46. The van der Waals surface area contributed by atoms with E-state index in [2.05, 4.69) is 97.1 Å². The number of alkyl carbamates (subject to hydrolysis) is 1. The second-order valence-electron chi connectivity index (χ2n) is 18.7. The van der Waals surface area contributed by atoms with Crippen LogP contribution < -0.4 is 15.6 Å². The highest BCUT2D eigenvalue weighted by Gasteiger charge is 2.36. The van der Waals surface area contributed by atoms with Gasteiger partial charge >= 0.3 is 12.1 Å². The minimum absolute atomic E-state index is 0.156. The summed E-state index contributed by atoms with van der Waals surface area (Å²) in [6, 6.07) is 7.24. The minimum Gasteiger partial charge on any atom is -0.464 e. The summed E-state index contributed by atoms with van der Waals surface area (Å²) in [4.78, 5) is 56.3. The number of aromatic nitrogens is 3.